The van der Waals surface area contributed by atoms with Gasteiger partial charge in [0, 0.05) is 19.6 Å². The number of aliphatic hydroxyl groups is 1. The van der Waals surface area contributed by atoms with Crippen LogP contribution in [0, 0.1) is 0 Å². The summed E-state index contributed by atoms with van der Waals surface area (Å²) >= 11 is 0. The van der Waals surface area contributed by atoms with Crippen LogP contribution in [0.1, 0.15) is 25.7 Å². The molecule has 3 heteroatoms. The van der Waals surface area contributed by atoms with Gasteiger partial charge in [0.1, 0.15) is 6.23 Å². The van der Waals surface area contributed by atoms with Gasteiger partial charge in [-0.2, -0.15) is 0 Å². The van der Waals surface area contributed by atoms with Gasteiger partial charge in [0.25, 0.3) is 0 Å². The fraction of sp³-hybridized carbons (Fsp3) is 0.833. The molecule has 1 rings (SSSR count). The van der Waals surface area contributed by atoms with Crippen LogP contribution in [0.2, 0.25) is 0 Å². The molecule has 15 heavy (non-hydrogen) atoms. The van der Waals surface area contributed by atoms with Crippen LogP contribution < -0.4 is 0 Å². The Bertz CT molecular complexity index is 184. The van der Waals surface area contributed by atoms with Gasteiger partial charge in [0.05, 0.1) is 0 Å². The third-order valence-electron chi connectivity index (χ3n) is 2.79. The van der Waals surface area contributed by atoms with Crippen LogP contribution in [0.5, 0.6) is 0 Å². The second-order valence-corrected chi connectivity index (χ2v) is 4.55. The van der Waals surface area contributed by atoms with Crippen LogP contribution in [-0.4, -0.2) is 54.9 Å². The first-order valence-electron chi connectivity index (χ1n) is 5.93. The van der Waals surface area contributed by atoms with E-state index >= 15 is 0 Å². The Morgan fingerprint density at radius 3 is 2.33 bits per heavy atom. The lowest BCUT2D eigenvalue weighted by Crippen LogP contribution is -2.34. The summed E-state index contributed by atoms with van der Waals surface area (Å²) in [5.74, 6) is 0. The van der Waals surface area contributed by atoms with Crippen LogP contribution in [-0.2, 0) is 0 Å². The Hall–Kier alpha value is -0.380. The number of aliphatic hydroxyl groups excluding tert-OH is 1. The molecule has 1 saturated heterocycles. The Morgan fingerprint density at radius 2 is 1.80 bits per heavy atom. The van der Waals surface area contributed by atoms with E-state index in [4.69, 9.17) is 0 Å². The number of rotatable bonds is 4. The van der Waals surface area contributed by atoms with Crippen molar-refractivity contribution in [3.63, 3.8) is 0 Å². The molecule has 0 aliphatic carbocycles. The van der Waals surface area contributed by atoms with E-state index in [1.54, 1.807) is 0 Å². The lowest BCUT2D eigenvalue weighted by atomic mass is 10.2. The molecule has 88 valence electrons. The van der Waals surface area contributed by atoms with Crippen molar-refractivity contribution in [1.29, 1.82) is 0 Å². The lowest BCUT2D eigenvalue weighted by Gasteiger charge is -2.23. The average molecular weight is 212 g/mol. The molecule has 0 spiro atoms. The largest absolute Gasteiger partial charge is 0.375 e. The molecule has 0 bridgehead atoms. The molecule has 0 amide bonds. The summed E-state index contributed by atoms with van der Waals surface area (Å²) in [5.41, 5.74) is 0. The van der Waals surface area contributed by atoms with Crippen molar-refractivity contribution in [1.82, 2.24) is 9.80 Å². The molecule has 3 nitrogen and oxygen atoms in total. The zero-order valence-corrected chi connectivity index (χ0v) is 10.0. The van der Waals surface area contributed by atoms with Gasteiger partial charge in [-0.25, -0.2) is 0 Å². The van der Waals surface area contributed by atoms with Gasteiger partial charge < -0.3 is 10.0 Å². The number of hydrogen-bond donors (Lipinski definition) is 1. The summed E-state index contributed by atoms with van der Waals surface area (Å²) < 4.78 is 0. The fourth-order valence-electron chi connectivity index (χ4n) is 1.87. The molecular weight excluding hydrogens is 188 g/mol. The Balaban J connectivity index is 2.30. The molecule has 1 unspecified atom stereocenters. The maximum atomic E-state index is 9.93. The van der Waals surface area contributed by atoms with Crippen molar-refractivity contribution >= 4 is 0 Å². The second kappa shape index (κ2) is 6.99. The van der Waals surface area contributed by atoms with Gasteiger partial charge >= 0.3 is 0 Å². The Morgan fingerprint density at radius 1 is 1.20 bits per heavy atom. The maximum absolute atomic E-state index is 9.93. The first kappa shape index (κ1) is 12.7. The maximum Gasteiger partial charge on any atom is 0.126 e. The third kappa shape index (κ3) is 5.30. The summed E-state index contributed by atoms with van der Waals surface area (Å²) in [4.78, 5) is 4.25. The monoisotopic (exact) mass is 212 g/mol. The molecular formula is C12H24N2O. The minimum atomic E-state index is -0.386. The minimum Gasteiger partial charge on any atom is -0.375 e. The van der Waals surface area contributed by atoms with Gasteiger partial charge in [-0.05, 0) is 33.0 Å². The Kier molecular flexibility index (Phi) is 5.91. The topological polar surface area (TPSA) is 26.7 Å². The zero-order valence-electron chi connectivity index (χ0n) is 10.0. The van der Waals surface area contributed by atoms with Gasteiger partial charge in [-0.1, -0.05) is 18.9 Å². The standard InChI is InChI=1S/C12H24N2O/c1-13(2)9-7-8-12(15)14-10-5-3-4-6-11-14/h7-8,12,15H,3-6,9-11H2,1-2H3/b8-7+. The number of hydrogen-bond acceptors (Lipinski definition) is 3. The molecule has 1 N–H and O–H groups in total. The fourth-order valence-corrected chi connectivity index (χ4v) is 1.87. The molecule has 1 atom stereocenters. The van der Waals surface area contributed by atoms with Crippen molar-refractivity contribution in [3.8, 4) is 0 Å². The SMILES string of the molecule is CN(C)C/C=C/C(O)N1CCCCCC1. The van der Waals surface area contributed by atoms with Crippen LogP contribution >= 0.6 is 0 Å². The Labute approximate surface area is 93.4 Å². The quantitative estimate of drug-likeness (QED) is 0.712. The molecule has 0 aromatic heterocycles. The number of likely N-dealkylation sites (tertiary alicyclic amines) is 1. The summed E-state index contributed by atoms with van der Waals surface area (Å²) in [6, 6.07) is 0. The van der Waals surface area contributed by atoms with Crippen LogP contribution in [0.3, 0.4) is 0 Å². The summed E-state index contributed by atoms with van der Waals surface area (Å²) in [7, 11) is 4.06. The summed E-state index contributed by atoms with van der Waals surface area (Å²) in [6.07, 6.45) is 8.62. The van der Waals surface area contributed by atoms with E-state index < -0.39 is 0 Å². The van der Waals surface area contributed by atoms with Gasteiger partial charge in [-0.3, -0.25) is 4.90 Å². The van der Waals surface area contributed by atoms with Crippen LogP contribution in [0.4, 0.5) is 0 Å². The van der Waals surface area contributed by atoms with E-state index in [9.17, 15) is 5.11 Å². The lowest BCUT2D eigenvalue weighted by molar-refractivity contribution is 0.0443. The van der Waals surface area contributed by atoms with Crippen molar-refractivity contribution in [3.05, 3.63) is 12.2 Å². The minimum absolute atomic E-state index is 0.386. The van der Waals surface area contributed by atoms with E-state index in [0.717, 1.165) is 19.6 Å². The van der Waals surface area contributed by atoms with Crippen LogP contribution in [0.15, 0.2) is 12.2 Å². The molecule has 0 aromatic carbocycles. The number of likely N-dealkylation sites (N-methyl/N-ethyl adjacent to an activating group) is 1. The van der Waals surface area contributed by atoms with Crippen molar-refractivity contribution in [2.75, 3.05) is 33.7 Å². The summed E-state index contributed by atoms with van der Waals surface area (Å²) in [6.45, 7) is 2.96. The molecule has 1 fully saturated rings. The molecule has 0 aromatic rings. The van der Waals surface area contributed by atoms with Crippen molar-refractivity contribution in [2.24, 2.45) is 0 Å². The first-order chi connectivity index (χ1) is 7.20. The van der Waals surface area contributed by atoms with Gasteiger partial charge in [0.15, 0.2) is 0 Å². The highest BCUT2D eigenvalue weighted by Crippen LogP contribution is 2.11. The van der Waals surface area contributed by atoms with E-state index in [1.165, 1.54) is 25.7 Å². The highest BCUT2D eigenvalue weighted by Gasteiger charge is 2.14. The first-order valence-corrected chi connectivity index (χ1v) is 5.93. The van der Waals surface area contributed by atoms with E-state index in [0.29, 0.717) is 0 Å². The highest BCUT2D eigenvalue weighted by molar-refractivity contribution is 4.90. The smallest absolute Gasteiger partial charge is 0.126 e. The third-order valence-corrected chi connectivity index (χ3v) is 2.79. The predicted octanol–water partition coefficient (Wildman–Crippen LogP) is 1.30. The highest BCUT2D eigenvalue weighted by atomic mass is 16.3. The molecule has 1 aliphatic heterocycles. The summed E-state index contributed by atoms with van der Waals surface area (Å²) in [5, 5.41) is 9.93. The van der Waals surface area contributed by atoms with E-state index in [2.05, 4.69) is 9.80 Å². The second-order valence-electron chi connectivity index (χ2n) is 4.55. The van der Waals surface area contributed by atoms with Crippen LogP contribution in [0.25, 0.3) is 0 Å². The predicted molar refractivity (Wildman–Crippen MR) is 63.7 cm³/mol. The molecule has 1 heterocycles. The van der Waals surface area contributed by atoms with E-state index in [1.807, 2.05) is 26.2 Å². The normalized spacial score (nSPS) is 22.1. The zero-order chi connectivity index (χ0) is 11.1. The molecule has 0 saturated carbocycles. The molecule has 1 aliphatic rings. The van der Waals surface area contributed by atoms with E-state index in [-0.39, 0.29) is 6.23 Å². The number of nitrogens with zero attached hydrogens (tertiary/aromatic N) is 2. The average Bonchev–Trinajstić information content (AvgIpc) is 2.44. The molecule has 0 radical (unpaired) electrons. The van der Waals surface area contributed by atoms with Gasteiger partial charge in [0.2, 0.25) is 0 Å². The van der Waals surface area contributed by atoms with Gasteiger partial charge in [-0.15, -0.1) is 0 Å². The van der Waals surface area contributed by atoms with Crippen molar-refractivity contribution in [2.45, 2.75) is 31.9 Å². The van der Waals surface area contributed by atoms with Crippen molar-refractivity contribution < 1.29 is 5.11 Å².